The van der Waals surface area contributed by atoms with Crippen LogP contribution in [0.4, 0.5) is 9.18 Å². The van der Waals surface area contributed by atoms with Gasteiger partial charge in [0.25, 0.3) is 5.79 Å². The standard InChI is InChI=1S/C24H24FNO9/c25-15-8-6-14(7-9-15)17-10-11-26(22(29)33-16-4-2-1-3-5-16)12-18(17)23(30,31)24-32-13-19(34-24)20(35-24)21(27)28/h1-9,17-20,30-31H,10-13H2,(H,27,28)/t17-,18+,19?,20?,24?/m0/s1. The smallest absolute Gasteiger partial charge is 0.415 e. The lowest BCUT2D eigenvalue weighted by Crippen LogP contribution is -2.65. The molecule has 3 N–H and O–H groups in total. The predicted molar refractivity (Wildman–Crippen MR) is 115 cm³/mol. The van der Waals surface area contributed by atoms with Crippen molar-refractivity contribution in [1.29, 1.82) is 0 Å². The number of piperidine rings is 1. The lowest BCUT2D eigenvalue weighted by atomic mass is 9.75. The van der Waals surface area contributed by atoms with Crippen LogP contribution in [-0.2, 0) is 19.0 Å². The molecule has 35 heavy (non-hydrogen) atoms. The zero-order chi connectivity index (χ0) is 24.8. The molecule has 10 nitrogen and oxygen atoms in total. The number of likely N-dealkylation sites (tertiary alicyclic amines) is 1. The molecule has 186 valence electrons. The second-order valence-corrected chi connectivity index (χ2v) is 8.81. The summed E-state index contributed by atoms with van der Waals surface area (Å²) in [6, 6.07) is 14.0. The lowest BCUT2D eigenvalue weighted by molar-refractivity contribution is -0.454. The first-order valence-electron chi connectivity index (χ1n) is 11.1. The van der Waals surface area contributed by atoms with E-state index in [1.165, 1.54) is 29.2 Å². The molecule has 3 fully saturated rings. The highest BCUT2D eigenvalue weighted by molar-refractivity contribution is 5.73. The fourth-order valence-corrected chi connectivity index (χ4v) is 4.92. The Bertz CT molecular complexity index is 1100. The third-order valence-electron chi connectivity index (χ3n) is 6.69. The zero-order valence-electron chi connectivity index (χ0n) is 18.5. The van der Waals surface area contributed by atoms with E-state index in [1.807, 2.05) is 0 Å². The minimum Gasteiger partial charge on any atom is -0.479 e. The summed E-state index contributed by atoms with van der Waals surface area (Å²) in [6.07, 6.45) is -2.91. The van der Waals surface area contributed by atoms with Crippen molar-refractivity contribution in [2.75, 3.05) is 19.7 Å². The van der Waals surface area contributed by atoms with E-state index < -0.39 is 53.7 Å². The van der Waals surface area contributed by atoms with Crippen molar-refractivity contribution < 1.29 is 48.2 Å². The van der Waals surface area contributed by atoms with Crippen LogP contribution in [0.5, 0.6) is 5.75 Å². The van der Waals surface area contributed by atoms with Crippen LogP contribution in [0.25, 0.3) is 0 Å². The van der Waals surface area contributed by atoms with Crippen LogP contribution >= 0.6 is 0 Å². The Balaban J connectivity index is 1.45. The summed E-state index contributed by atoms with van der Waals surface area (Å²) in [5.41, 5.74) is 0.596. The average molecular weight is 489 g/mol. The van der Waals surface area contributed by atoms with Crippen LogP contribution in [0.3, 0.4) is 0 Å². The van der Waals surface area contributed by atoms with Crippen molar-refractivity contribution in [2.45, 2.75) is 36.3 Å². The SMILES string of the molecule is O=C(O)C1OC2(C(O)(O)[C@@H]3CN(C(=O)Oc4ccccc4)CC[C@H]3c3ccc(F)cc3)OCC1O2. The quantitative estimate of drug-likeness (QED) is 0.536. The topological polar surface area (TPSA) is 135 Å². The van der Waals surface area contributed by atoms with E-state index >= 15 is 0 Å². The zero-order valence-corrected chi connectivity index (χ0v) is 18.5. The minimum absolute atomic E-state index is 0.207. The Morgan fingerprint density at radius 3 is 2.46 bits per heavy atom. The molecule has 3 aliphatic heterocycles. The summed E-state index contributed by atoms with van der Waals surface area (Å²) in [6.45, 7) is -0.204. The van der Waals surface area contributed by atoms with Gasteiger partial charge in [0.15, 0.2) is 6.10 Å². The third-order valence-corrected chi connectivity index (χ3v) is 6.69. The first-order valence-corrected chi connectivity index (χ1v) is 11.1. The van der Waals surface area contributed by atoms with Crippen LogP contribution in [0.15, 0.2) is 54.6 Å². The number of carboxylic acid groups (broad SMARTS) is 1. The van der Waals surface area contributed by atoms with Gasteiger partial charge in [-0.3, -0.25) is 0 Å². The van der Waals surface area contributed by atoms with Crippen molar-refractivity contribution in [3.8, 4) is 5.75 Å². The normalized spacial score (nSPS) is 30.3. The summed E-state index contributed by atoms with van der Waals surface area (Å²) in [5, 5.41) is 32.3. The molecule has 3 heterocycles. The molecule has 3 saturated heterocycles. The fourth-order valence-electron chi connectivity index (χ4n) is 4.92. The van der Waals surface area contributed by atoms with Gasteiger partial charge in [-0.1, -0.05) is 30.3 Å². The Morgan fingerprint density at radius 2 is 1.80 bits per heavy atom. The van der Waals surface area contributed by atoms with Gasteiger partial charge in [-0.2, -0.15) is 0 Å². The number of aliphatic carboxylic acids is 1. The Labute approximate surface area is 199 Å². The van der Waals surface area contributed by atoms with Crippen molar-refractivity contribution >= 4 is 12.1 Å². The second-order valence-electron chi connectivity index (χ2n) is 8.81. The molecule has 0 spiro atoms. The summed E-state index contributed by atoms with van der Waals surface area (Å²) >= 11 is 0. The maximum absolute atomic E-state index is 13.6. The monoisotopic (exact) mass is 489 g/mol. The van der Waals surface area contributed by atoms with Crippen LogP contribution in [0.2, 0.25) is 0 Å². The average Bonchev–Trinajstić information content (AvgIpc) is 3.46. The van der Waals surface area contributed by atoms with Crippen LogP contribution < -0.4 is 4.74 Å². The number of halogens is 1. The van der Waals surface area contributed by atoms with Crippen LogP contribution in [0.1, 0.15) is 17.9 Å². The number of nitrogens with zero attached hydrogens (tertiary/aromatic N) is 1. The maximum atomic E-state index is 13.6. The van der Waals surface area contributed by atoms with Gasteiger partial charge in [0.2, 0.25) is 0 Å². The van der Waals surface area contributed by atoms with E-state index in [-0.39, 0.29) is 26.1 Å². The van der Waals surface area contributed by atoms with Gasteiger partial charge in [0, 0.05) is 19.0 Å². The molecule has 5 atom stereocenters. The predicted octanol–water partition coefficient (Wildman–Crippen LogP) is 1.66. The minimum atomic E-state index is -2.88. The summed E-state index contributed by atoms with van der Waals surface area (Å²) in [4.78, 5) is 25.7. The molecule has 1 amide bonds. The summed E-state index contributed by atoms with van der Waals surface area (Å²) < 4.78 is 35.3. The highest BCUT2D eigenvalue weighted by Crippen LogP contribution is 2.50. The summed E-state index contributed by atoms with van der Waals surface area (Å²) in [5.74, 6) is -8.56. The highest BCUT2D eigenvalue weighted by atomic mass is 19.1. The number of amides is 1. The Kier molecular flexibility index (Phi) is 5.98. The number of aliphatic hydroxyl groups is 2. The fraction of sp³-hybridized carbons (Fsp3) is 0.417. The number of benzene rings is 2. The Hall–Kier alpha value is -3.09. The van der Waals surface area contributed by atoms with Gasteiger partial charge in [-0.05, 0) is 42.2 Å². The number of carbonyl (C=O) groups is 2. The number of carboxylic acids is 1. The molecule has 5 rings (SSSR count). The van der Waals surface area contributed by atoms with Crippen molar-refractivity contribution in [3.05, 3.63) is 66.0 Å². The highest BCUT2D eigenvalue weighted by Gasteiger charge is 2.71. The van der Waals surface area contributed by atoms with Crippen molar-refractivity contribution in [2.24, 2.45) is 5.92 Å². The van der Waals surface area contributed by atoms with Gasteiger partial charge >= 0.3 is 18.0 Å². The molecular weight excluding hydrogens is 465 g/mol. The van der Waals surface area contributed by atoms with Gasteiger partial charge in [0.05, 0.1) is 6.61 Å². The van der Waals surface area contributed by atoms with Crippen LogP contribution in [-0.4, -0.2) is 75.9 Å². The first kappa shape index (κ1) is 23.6. The van der Waals surface area contributed by atoms with Gasteiger partial charge in [-0.15, -0.1) is 0 Å². The molecule has 3 unspecified atom stereocenters. The van der Waals surface area contributed by atoms with Gasteiger partial charge < -0.3 is 39.2 Å². The van der Waals surface area contributed by atoms with E-state index in [4.69, 9.17) is 18.9 Å². The van der Waals surface area contributed by atoms with E-state index in [0.29, 0.717) is 11.3 Å². The number of hydrogen-bond donors (Lipinski definition) is 3. The number of para-hydroxylation sites is 1. The van der Waals surface area contributed by atoms with Crippen LogP contribution in [0, 0.1) is 11.7 Å². The number of ether oxygens (including phenoxy) is 4. The van der Waals surface area contributed by atoms with Crippen molar-refractivity contribution in [3.63, 3.8) is 0 Å². The first-order chi connectivity index (χ1) is 16.7. The maximum Gasteiger partial charge on any atom is 0.415 e. The largest absolute Gasteiger partial charge is 0.479 e. The van der Waals surface area contributed by atoms with E-state index in [1.54, 1.807) is 30.3 Å². The summed E-state index contributed by atoms with van der Waals surface area (Å²) in [7, 11) is 0. The lowest BCUT2D eigenvalue weighted by Gasteiger charge is -2.47. The Morgan fingerprint density at radius 1 is 1.09 bits per heavy atom. The number of hydrogen-bond acceptors (Lipinski definition) is 8. The number of rotatable bonds is 5. The molecule has 0 aromatic heterocycles. The molecule has 2 bridgehead atoms. The number of fused-ring (bicyclic) bond motifs is 2. The third kappa shape index (κ3) is 4.15. The second kappa shape index (κ2) is 8.85. The molecule has 0 radical (unpaired) electrons. The molecule has 2 aromatic carbocycles. The van der Waals surface area contributed by atoms with E-state index in [0.717, 1.165) is 0 Å². The van der Waals surface area contributed by atoms with Gasteiger partial charge in [-0.25, -0.2) is 14.0 Å². The molecule has 0 aliphatic carbocycles. The molecule has 2 aromatic rings. The van der Waals surface area contributed by atoms with E-state index in [9.17, 15) is 29.3 Å². The van der Waals surface area contributed by atoms with Crippen molar-refractivity contribution in [1.82, 2.24) is 4.90 Å². The van der Waals surface area contributed by atoms with E-state index in [2.05, 4.69) is 0 Å². The molecular formula is C24H24FNO9. The molecule has 11 heteroatoms. The molecule has 3 aliphatic rings. The molecule has 0 saturated carbocycles. The number of carbonyl (C=O) groups excluding carboxylic acids is 1. The van der Waals surface area contributed by atoms with Gasteiger partial charge in [0.1, 0.15) is 17.7 Å².